The Hall–Kier alpha value is -3.39. The van der Waals surface area contributed by atoms with Crippen LogP contribution in [0, 0.1) is 12.8 Å². The maximum atomic E-state index is 15.4. The number of carbonyl (C=O) groups is 2. The summed E-state index contributed by atoms with van der Waals surface area (Å²) in [5.74, 6) is -0.295. The summed E-state index contributed by atoms with van der Waals surface area (Å²) < 4.78 is 21.2. The Balaban J connectivity index is 1.10. The molecule has 49 heavy (non-hydrogen) atoms. The average molecular weight is 696 g/mol. The van der Waals surface area contributed by atoms with Crippen molar-refractivity contribution in [2.75, 3.05) is 50.7 Å². The second-order valence-electron chi connectivity index (χ2n) is 14.5. The molecule has 0 saturated carbocycles. The molecule has 5 heterocycles. The van der Waals surface area contributed by atoms with Gasteiger partial charge in [-0.2, -0.15) is 0 Å². The number of benzene rings is 1. The topological polar surface area (TPSA) is 127 Å². The molecule has 0 bridgehead atoms. The minimum absolute atomic E-state index is 0.0729. The van der Waals surface area contributed by atoms with Crippen LogP contribution in [0.4, 0.5) is 10.2 Å². The first-order chi connectivity index (χ1) is 23.4. The Morgan fingerprint density at radius 3 is 2.55 bits per heavy atom. The number of hydrogen-bond acceptors (Lipinski definition) is 10. The molecule has 3 saturated heterocycles. The summed E-state index contributed by atoms with van der Waals surface area (Å²) in [6.07, 6.45) is 0.437. The standard InChI is InChI=1S/C36H50FN7O4S/c1-22(2)32(30-17-31(41-48-30)43-15-14-42(18-23(43)3)20-36(37)10-12-38-13-11-36)35(47)44-19-28(45)16-29(44)34(46)40-24(4)26-6-8-27(9-7-26)33-25(5)39-21-49-33/h6-9,17,21-24,28-29,32,38,45H,10-16,18-20H2,1-5H3,(H,40,46)/t23-,24+,28-,29+,32-/m1/s1. The number of aromatic nitrogens is 2. The molecule has 13 heteroatoms. The summed E-state index contributed by atoms with van der Waals surface area (Å²) in [7, 11) is 0. The molecule has 0 radical (unpaired) electrons. The predicted molar refractivity (Wildman–Crippen MR) is 188 cm³/mol. The van der Waals surface area contributed by atoms with Crippen LogP contribution in [0.1, 0.15) is 75.9 Å². The molecule has 0 aliphatic carbocycles. The van der Waals surface area contributed by atoms with E-state index in [4.69, 9.17) is 4.52 Å². The minimum Gasteiger partial charge on any atom is -0.391 e. The predicted octanol–water partition coefficient (Wildman–Crippen LogP) is 4.29. The number of alkyl halides is 1. The number of nitrogens with one attached hydrogen (secondary N) is 2. The van der Waals surface area contributed by atoms with Gasteiger partial charge in [0.05, 0.1) is 28.2 Å². The zero-order valence-electron chi connectivity index (χ0n) is 29.2. The lowest BCUT2D eigenvalue weighted by atomic mass is 9.91. The molecule has 5 atom stereocenters. The van der Waals surface area contributed by atoms with Gasteiger partial charge in [0.2, 0.25) is 11.8 Å². The summed E-state index contributed by atoms with van der Waals surface area (Å²) in [6, 6.07) is 8.86. The van der Waals surface area contributed by atoms with Crippen LogP contribution < -0.4 is 15.5 Å². The van der Waals surface area contributed by atoms with Gasteiger partial charge in [0.25, 0.3) is 0 Å². The molecule has 2 amide bonds. The second kappa shape index (κ2) is 14.8. The third kappa shape index (κ3) is 7.84. The number of β-amino-alcohol motifs (C(OH)–C–C–N with tert-alkyl or cyclic N) is 1. The third-order valence-corrected chi connectivity index (χ3v) is 11.4. The second-order valence-corrected chi connectivity index (χ2v) is 15.4. The van der Waals surface area contributed by atoms with Crippen LogP contribution in [0.5, 0.6) is 0 Å². The van der Waals surface area contributed by atoms with Crippen molar-refractivity contribution >= 4 is 29.0 Å². The normalized spacial score (nSPS) is 24.3. The highest BCUT2D eigenvalue weighted by atomic mass is 32.1. The number of piperidine rings is 1. The van der Waals surface area contributed by atoms with E-state index < -0.39 is 23.7 Å². The average Bonchev–Trinajstić information content (AvgIpc) is 3.81. The number of rotatable bonds is 10. The number of aryl methyl sites for hydroxylation is 1. The maximum absolute atomic E-state index is 15.4. The molecule has 1 aromatic carbocycles. The largest absolute Gasteiger partial charge is 0.391 e. The molecule has 2 aromatic heterocycles. The lowest BCUT2D eigenvalue weighted by Gasteiger charge is -2.43. The van der Waals surface area contributed by atoms with Crippen LogP contribution in [0.3, 0.4) is 0 Å². The molecule has 3 aromatic rings. The number of aliphatic hydroxyl groups excluding tert-OH is 1. The molecular weight excluding hydrogens is 646 g/mol. The number of nitrogens with zero attached hydrogens (tertiary/aromatic N) is 5. The first-order valence-electron chi connectivity index (χ1n) is 17.6. The first kappa shape index (κ1) is 35.4. The van der Waals surface area contributed by atoms with Crippen LogP contribution in [0.15, 0.2) is 40.4 Å². The van der Waals surface area contributed by atoms with Gasteiger partial charge in [-0.05, 0) is 63.7 Å². The van der Waals surface area contributed by atoms with Crippen molar-refractivity contribution in [1.82, 2.24) is 30.6 Å². The molecule has 3 aliphatic heterocycles. The Bertz CT molecular complexity index is 1590. The van der Waals surface area contributed by atoms with Gasteiger partial charge < -0.3 is 30.1 Å². The van der Waals surface area contributed by atoms with Crippen molar-refractivity contribution in [2.24, 2.45) is 5.92 Å². The van der Waals surface area contributed by atoms with Crippen LogP contribution in [-0.4, -0.2) is 107 Å². The Morgan fingerprint density at radius 1 is 1.16 bits per heavy atom. The number of carbonyl (C=O) groups excluding carboxylic acids is 2. The lowest BCUT2D eigenvalue weighted by Crippen LogP contribution is -2.56. The number of thiazole rings is 1. The van der Waals surface area contributed by atoms with Crippen molar-refractivity contribution in [3.05, 3.63) is 52.9 Å². The van der Waals surface area contributed by atoms with E-state index in [-0.39, 0.29) is 42.8 Å². The van der Waals surface area contributed by atoms with Crippen LogP contribution >= 0.6 is 11.3 Å². The number of likely N-dealkylation sites (tertiary alicyclic amines) is 1. The van der Waals surface area contributed by atoms with Crippen molar-refractivity contribution in [1.29, 1.82) is 0 Å². The fourth-order valence-corrected chi connectivity index (χ4v) is 8.44. The highest BCUT2D eigenvalue weighted by Gasteiger charge is 2.44. The number of aliphatic hydroxyl groups is 1. The smallest absolute Gasteiger partial charge is 0.243 e. The van der Waals surface area contributed by atoms with Crippen molar-refractivity contribution in [2.45, 2.75) is 89.7 Å². The summed E-state index contributed by atoms with van der Waals surface area (Å²) >= 11 is 1.59. The molecule has 6 rings (SSSR count). The summed E-state index contributed by atoms with van der Waals surface area (Å²) in [6.45, 7) is 13.9. The molecular formula is C36H50FN7O4S. The fraction of sp³-hybridized carbons (Fsp3) is 0.611. The van der Waals surface area contributed by atoms with Gasteiger partial charge in [-0.1, -0.05) is 43.3 Å². The maximum Gasteiger partial charge on any atom is 0.243 e. The Morgan fingerprint density at radius 2 is 1.90 bits per heavy atom. The first-order valence-corrected chi connectivity index (χ1v) is 18.4. The molecule has 0 spiro atoms. The van der Waals surface area contributed by atoms with Gasteiger partial charge in [0.1, 0.15) is 17.6 Å². The Kier molecular flexibility index (Phi) is 10.7. The number of amides is 2. The highest BCUT2D eigenvalue weighted by Crippen LogP contribution is 2.34. The van der Waals surface area contributed by atoms with E-state index in [0.29, 0.717) is 57.1 Å². The van der Waals surface area contributed by atoms with E-state index in [1.807, 2.05) is 63.5 Å². The SMILES string of the molecule is Cc1ncsc1-c1ccc([C@H](C)NC(=O)[C@@H]2C[C@@H](O)CN2C(=O)[C@@H](c2cc(N3CCN(CC4(F)CCNCC4)C[C@H]3C)no2)C(C)C)cc1. The Labute approximate surface area is 292 Å². The van der Waals surface area contributed by atoms with E-state index in [1.165, 1.54) is 4.90 Å². The lowest BCUT2D eigenvalue weighted by molar-refractivity contribution is -0.141. The van der Waals surface area contributed by atoms with Crippen LogP contribution in [0.2, 0.25) is 0 Å². The molecule has 3 aliphatic rings. The number of hydrogen-bond donors (Lipinski definition) is 3. The van der Waals surface area contributed by atoms with Crippen molar-refractivity contribution in [3.8, 4) is 10.4 Å². The van der Waals surface area contributed by atoms with Crippen LogP contribution in [-0.2, 0) is 9.59 Å². The zero-order valence-corrected chi connectivity index (χ0v) is 30.0. The van der Waals surface area contributed by atoms with E-state index in [9.17, 15) is 14.7 Å². The number of anilines is 1. The molecule has 0 unspecified atom stereocenters. The van der Waals surface area contributed by atoms with E-state index in [2.05, 4.69) is 37.5 Å². The van der Waals surface area contributed by atoms with Gasteiger partial charge in [-0.15, -0.1) is 11.3 Å². The highest BCUT2D eigenvalue weighted by molar-refractivity contribution is 7.13. The number of halogens is 1. The quantitative estimate of drug-likeness (QED) is 0.285. The van der Waals surface area contributed by atoms with E-state index in [1.54, 1.807) is 11.3 Å². The molecule has 11 nitrogen and oxygen atoms in total. The number of piperazine rings is 1. The van der Waals surface area contributed by atoms with Gasteiger partial charge in [-0.25, -0.2) is 9.37 Å². The van der Waals surface area contributed by atoms with Gasteiger partial charge in [0.15, 0.2) is 11.6 Å². The van der Waals surface area contributed by atoms with Gasteiger partial charge >= 0.3 is 0 Å². The van der Waals surface area contributed by atoms with Crippen LogP contribution in [0.25, 0.3) is 10.4 Å². The summed E-state index contributed by atoms with van der Waals surface area (Å²) in [5.41, 5.74) is 3.68. The minimum atomic E-state index is -1.15. The fourth-order valence-electron chi connectivity index (χ4n) is 7.63. The van der Waals surface area contributed by atoms with Gasteiger partial charge in [-0.3, -0.25) is 14.5 Å². The third-order valence-electron chi connectivity index (χ3n) is 10.4. The summed E-state index contributed by atoms with van der Waals surface area (Å²) in [5, 5.41) is 21.3. The summed E-state index contributed by atoms with van der Waals surface area (Å²) in [4.78, 5) is 39.1. The van der Waals surface area contributed by atoms with E-state index in [0.717, 1.165) is 28.2 Å². The molecule has 266 valence electrons. The van der Waals surface area contributed by atoms with Crippen molar-refractivity contribution < 1.29 is 23.6 Å². The molecule has 3 N–H and O–H groups in total. The monoisotopic (exact) mass is 695 g/mol. The van der Waals surface area contributed by atoms with Gasteiger partial charge in [0, 0.05) is 51.3 Å². The van der Waals surface area contributed by atoms with Crippen molar-refractivity contribution in [3.63, 3.8) is 0 Å². The molecule has 3 fully saturated rings. The zero-order chi connectivity index (χ0) is 34.9. The van der Waals surface area contributed by atoms with E-state index >= 15 is 4.39 Å².